The van der Waals surface area contributed by atoms with Crippen molar-refractivity contribution >= 4 is 21.8 Å². The van der Waals surface area contributed by atoms with Gasteiger partial charge in [-0.15, -0.1) is 0 Å². The molecule has 176 valence electrons. The van der Waals surface area contributed by atoms with Gasteiger partial charge in [-0.2, -0.15) is 4.31 Å². The number of hydrogen-bond acceptors (Lipinski definition) is 4. The smallest absolute Gasteiger partial charge is 0.253 e. The molecule has 2 fully saturated rings. The van der Waals surface area contributed by atoms with Gasteiger partial charge in [0, 0.05) is 50.4 Å². The monoisotopic (exact) mass is 469 g/mol. The Morgan fingerprint density at radius 2 is 1.18 bits per heavy atom. The summed E-state index contributed by atoms with van der Waals surface area (Å²) in [6.07, 6.45) is 1.03. The topological polar surface area (TPSA) is 78.0 Å². The van der Waals surface area contributed by atoms with Crippen molar-refractivity contribution in [3.8, 4) is 0 Å². The highest BCUT2D eigenvalue weighted by Gasteiger charge is 2.32. The molecule has 2 aliphatic rings. The summed E-state index contributed by atoms with van der Waals surface area (Å²) in [7, 11) is -3.57. The largest absolute Gasteiger partial charge is 0.335 e. The van der Waals surface area contributed by atoms with Gasteiger partial charge >= 0.3 is 0 Å². The molecule has 0 aromatic heterocycles. The van der Waals surface area contributed by atoms with E-state index in [-0.39, 0.29) is 16.7 Å². The number of piperazine rings is 1. The van der Waals surface area contributed by atoms with E-state index in [1.807, 2.05) is 18.2 Å². The number of piperidine rings is 1. The van der Waals surface area contributed by atoms with Gasteiger partial charge in [0.15, 0.2) is 0 Å². The molecular formula is C25H31N3O4S. The summed E-state index contributed by atoms with van der Waals surface area (Å²) >= 11 is 0. The number of carbonyl (C=O) groups excluding carboxylic acids is 2. The lowest BCUT2D eigenvalue weighted by atomic mass is 9.94. The van der Waals surface area contributed by atoms with Crippen LogP contribution in [0, 0.1) is 11.8 Å². The predicted molar refractivity (Wildman–Crippen MR) is 126 cm³/mol. The van der Waals surface area contributed by atoms with Crippen LogP contribution in [0.2, 0.25) is 0 Å². The van der Waals surface area contributed by atoms with Crippen LogP contribution in [-0.2, 0) is 10.0 Å². The van der Waals surface area contributed by atoms with Crippen LogP contribution in [0.4, 0.5) is 0 Å². The van der Waals surface area contributed by atoms with Crippen molar-refractivity contribution in [2.75, 3.05) is 39.3 Å². The Hall–Kier alpha value is -2.71. The molecule has 4 rings (SSSR count). The van der Waals surface area contributed by atoms with Crippen molar-refractivity contribution in [1.82, 2.24) is 14.1 Å². The molecular weight excluding hydrogens is 438 g/mol. The quantitative estimate of drug-likeness (QED) is 0.690. The van der Waals surface area contributed by atoms with E-state index in [2.05, 4.69) is 13.8 Å². The van der Waals surface area contributed by atoms with Gasteiger partial charge in [-0.05, 0) is 54.7 Å². The van der Waals surface area contributed by atoms with Gasteiger partial charge in [0.05, 0.1) is 4.90 Å². The molecule has 0 saturated carbocycles. The normalized spacial score (nSPS) is 22.2. The van der Waals surface area contributed by atoms with E-state index in [1.165, 1.54) is 12.1 Å². The minimum absolute atomic E-state index is 0.0291. The number of sulfonamides is 1. The number of carbonyl (C=O) groups is 2. The summed E-state index contributed by atoms with van der Waals surface area (Å²) in [5.74, 6) is 0.484. The summed E-state index contributed by atoms with van der Waals surface area (Å²) in [5.41, 5.74) is 1.10. The van der Waals surface area contributed by atoms with E-state index in [9.17, 15) is 18.0 Å². The molecule has 2 aromatic carbocycles. The average Bonchev–Trinajstić information content (AvgIpc) is 2.83. The maximum absolute atomic E-state index is 13.1. The first kappa shape index (κ1) is 23.4. The summed E-state index contributed by atoms with van der Waals surface area (Å²) < 4.78 is 27.7. The molecule has 0 bridgehead atoms. The number of nitrogens with zero attached hydrogens (tertiary/aromatic N) is 3. The molecule has 8 heteroatoms. The molecule has 2 atom stereocenters. The minimum atomic E-state index is -3.57. The third kappa shape index (κ3) is 5.12. The molecule has 2 saturated heterocycles. The van der Waals surface area contributed by atoms with Gasteiger partial charge in [0.1, 0.15) is 0 Å². The van der Waals surface area contributed by atoms with E-state index in [0.29, 0.717) is 62.2 Å². The molecule has 7 nitrogen and oxygen atoms in total. The second kappa shape index (κ2) is 9.65. The van der Waals surface area contributed by atoms with Crippen molar-refractivity contribution < 1.29 is 18.0 Å². The second-order valence-electron chi connectivity index (χ2n) is 9.24. The Balaban J connectivity index is 1.38. The zero-order chi connectivity index (χ0) is 23.6. The van der Waals surface area contributed by atoms with Crippen LogP contribution in [0.15, 0.2) is 59.5 Å². The number of amides is 2. The fourth-order valence-electron chi connectivity index (χ4n) is 4.78. The van der Waals surface area contributed by atoms with Gasteiger partial charge < -0.3 is 9.80 Å². The molecule has 0 N–H and O–H groups in total. The number of rotatable bonds is 4. The molecule has 0 aliphatic carbocycles. The molecule has 2 heterocycles. The highest BCUT2D eigenvalue weighted by atomic mass is 32.2. The highest BCUT2D eigenvalue weighted by molar-refractivity contribution is 7.89. The lowest BCUT2D eigenvalue weighted by Gasteiger charge is -2.35. The van der Waals surface area contributed by atoms with Gasteiger partial charge in [-0.25, -0.2) is 8.42 Å². The van der Waals surface area contributed by atoms with Gasteiger partial charge in [-0.1, -0.05) is 32.0 Å². The van der Waals surface area contributed by atoms with Gasteiger partial charge in [0.25, 0.3) is 11.8 Å². The zero-order valence-electron chi connectivity index (χ0n) is 19.2. The van der Waals surface area contributed by atoms with Crippen LogP contribution in [0.3, 0.4) is 0 Å². The van der Waals surface area contributed by atoms with Crippen LogP contribution < -0.4 is 0 Å². The van der Waals surface area contributed by atoms with Crippen LogP contribution in [0.5, 0.6) is 0 Å². The molecule has 33 heavy (non-hydrogen) atoms. The lowest BCUT2D eigenvalue weighted by molar-refractivity contribution is 0.0535. The Morgan fingerprint density at radius 1 is 0.727 bits per heavy atom. The average molecular weight is 470 g/mol. The number of benzene rings is 2. The molecule has 2 aliphatic heterocycles. The van der Waals surface area contributed by atoms with Gasteiger partial charge in [-0.3, -0.25) is 9.59 Å². The van der Waals surface area contributed by atoms with E-state index >= 15 is 0 Å². The first-order chi connectivity index (χ1) is 15.8. The maximum Gasteiger partial charge on any atom is 0.253 e. The van der Waals surface area contributed by atoms with E-state index < -0.39 is 10.0 Å². The fourth-order valence-corrected chi connectivity index (χ4v) is 6.46. The summed E-state index contributed by atoms with van der Waals surface area (Å²) in [5, 5.41) is 0. The molecule has 2 unspecified atom stereocenters. The Kier molecular flexibility index (Phi) is 6.86. The molecule has 2 aromatic rings. The standard InChI is InChI=1S/C25H31N3O4S/c1-19-16-20(2)18-28(17-19)33(31,32)23-10-8-22(9-11-23)25(30)27-14-12-26(13-15-27)24(29)21-6-4-3-5-7-21/h3-11,19-20H,12-18H2,1-2H3. The summed E-state index contributed by atoms with van der Waals surface area (Å²) in [6.45, 7) is 7.04. The third-order valence-electron chi connectivity index (χ3n) is 6.45. The van der Waals surface area contributed by atoms with Crippen LogP contribution in [0.1, 0.15) is 41.0 Å². The van der Waals surface area contributed by atoms with Crippen molar-refractivity contribution in [3.63, 3.8) is 0 Å². The van der Waals surface area contributed by atoms with Crippen LogP contribution in [0.25, 0.3) is 0 Å². The molecule has 0 spiro atoms. The van der Waals surface area contributed by atoms with Crippen molar-refractivity contribution in [2.24, 2.45) is 11.8 Å². The maximum atomic E-state index is 13.1. The van der Waals surface area contributed by atoms with Crippen LogP contribution >= 0.6 is 0 Å². The van der Waals surface area contributed by atoms with E-state index in [4.69, 9.17) is 0 Å². The Labute approximate surface area is 196 Å². The van der Waals surface area contributed by atoms with E-state index in [1.54, 1.807) is 38.4 Å². The highest BCUT2D eigenvalue weighted by Crippen LogP contribution is 2.27. The van der Waals surface area contributed by atoms with E-state index in [0.717, 1.165) is 6.42 Å². The molecule has 2 amide bonds. The first-order valence-corrected chi connectivity index (χ1v) is 12.9. The Morgan fingerprint density at radius 3 is 1.67 bits per heavy atom. The minimum Gasteiger partial charge on any atom is -0.335 e. The molecule has 0 radical (unpaired) electrons. The SMILES string of the molecule is CC1CC(C)CN(S(=O)(=O)c2ccc(C(=O)N3CCN(C(=O)c4ccccc4)CC3)cc2)C1. The van der Waals surface area contributed by atoms with Crippen molar-refractivity contribution in [2.45, 2.75) is 25.2 Å². The zero-order valence-corrected chi connectivity index (χ0v) is 20.0. The van der Waals surface area contributed by atoms with Crippen molar-refractivity contribution in [3.05, 3.63) is 65.7 Å². The second-order valence-corrected chi connectivity index (χ2v) is 11.2. The Bertz CT molecular complexity index is 1080. The third-order valence-corrected chi connectivity index (χ3v) is 8.30. The fraction of sp³-hybridized carbons (Fsp3) is 0.440. The first-order valence-electron chi connectivity index (χ1n) is 11.5. The lowest BCUT2D eigenvalue weighted by Crippen LogP contribution is -2.50. The summed E-state index contributed by atoms with van der Waals surface area (Å²) in [6, 6.07) is 15.4. The number of hydrogen-bond donors (Lipinski definition) is 0. The van der Waals surface area contributed by atoms with Gasteiger partial charge in [0.2, 0.25) is 10.0 Å². The van der Waals surface area contributed by atoms with Crippen LogP contribution in [-0.4, -0.2) is 73.6 Å². The van der Waals surface area contributed by atoms with Crippen molar-refractivity contribution in [1.29, 1.82) is 0 Å². The predicted octanol–water partition coefficient (Wildman–Crippen LogP) is 2.95. The summed E-state index contributed by atoms with van der Waals surface area (Å²) in [4.78, 5) is 29.3.